The number of anilines is 1. The number of piperidine rings is 1. The van der Waals surface area contributed by atoms with E-state index in [2.05, 4.69) is 39.5 Å². The molecule has 0 bridgehead atoms. The van der Waals surface area contributed by atoms with Crippen molar-refractivity contribution in [2.24, 2.45) is 11.8 Å². The van der Waals surface area contributed by atoms with Crippen LogP contribution in [0.2, 0.25) is 5.02 Å². The van der Waals surface area contributed by atoms with Crippen LogP contribution in [0.15, 0.2) is 24.3 Å². The summed E-state index contributed by atoms with van der Waals surface area (Å²) >= 11 is 5.95. The third-order valence-electron chi connectivity index (χ3n) is 5.48. The fourth-order valence-electron chi connectivity index (χ4n) is 4.00. The number of nitrogens with zero attached hydrogens (tertiary/aromatic N) is 2. The van der Waals surface area contributed by atoms with Crippen LogP contribution in [0.5, 0.6) is 0 Å². The molecular formula is C20H31ClN4O. The highest BCUT2D eigenvalue weighted by Gasteiger charge is 2.23. The maximum absolute atomic E-state index is 12.0. The molecule has 6 heteroatoms. The van der Waals surface area contributed by atoms with E-state index >= 15 is 0 Å². The SMILES string of the molecule is CC1CCCN(CCNC(=O)NCC2CCN(c3ccc(Cl)cc3)C2)C1. The molecule has 26 heavy (non-hydrogen) atoms. The molecule has 5 nitrogen and oxygen atoms in total. The number of rotatable bonds is 6. The quantitative estimate of drug-likeness (QED) is 0.799. The van der Waals surface area contributed by atoms with E-state index in [1.165, 1.54) is 18.5 Å². The van der Waals surface area contributed by atoms with Gasteiger partial charge in [0.1, 0.15) is 0 Å². The van der Waals surface area contributed by atoms with Gasteiger partial charge in [-0.15, -0.1) is 0 Å². The monoisotopic (exact) mass is 378 g/mol. The van der Waals surface area contributed by atoms with Crippen molar-refractivity contribution in [3.05, 3.63) is 29.3 Å². The van der Waals surface area contributed by atoms with Crippen molar-refractivity contribution in [2.75, 3.05) is 50.7 Å². The van der Waals surface area contributed by atoms with Gasteiger partial charge in [-0.2, -0.15) is 0 Å². The van der Waals surface area contributed by atoms with E-state index in [0.29, 0.717) is 5.92 Å². The Labute approximate surface area is 162 Å². The topological polar surface area (TPSA) is 47.6 Å². The Bertz CT molecular complexity index is 580. The Morgan fingerprint density at radius 2 is 1.96 bits per heavy atom. The van der Waals surface area contributed by atoms with Gasteiger partial charge in [-0.05, 0) is 61.9 Å². The summed E-state index contributed by atoms with van der Waals surface area (Å²) in [5.41, 5.74) is 1.21. The maximum Gasteiger partial charge on any atom is 0.314 e. The van der Waals surface area contributed by atoms with E-state index < -0.39 is 0 Å². The van der Waals surface area contributed by atoms with Gasteiger partial charge in [0, 0.05) is 50.0 Å². The zero-order valence-electron chi connectivity index (χ0n) is 15.7. The van der Waals surface area contributed by atoms with Crippen LogP contribution < -0.4 is 15.5 Å². The average molecular weight is 379 g/mol. The van der Waals surface area contributed by atoms with E-state index in [0.717, 1.165) is 63.2 Å². The molecule has 2 fully saturated rings. The van der Waals surface area contributed by atoms with Gasteiger partial charge in [0.05, 0.1) is 0 Å². The lowest BCUT2D eigenvalue weighted by Gasteiger charge is -2.30. The molecule has 2 aliphatic rings. The molecule has 2 atom stereocenters. The molecule has 0 radical (unpaired) electrons. The number of halogens is 1. The first-order valence-electron chi connectivity index (χ1n) is 9.84. The number of nitrogens with one attached hydrogen (secondary N) is 2. The summed E-state index contributed by atoms with van der Waals surface area (Å²) in [6.45, 7) is 9.04. The highest BCUT2D eigenvalue weighted by Crippen LogP contribution is 2.24. The van der Waals surface area contributed by atoms with Gasteiger partial charge in [0.25, 0.3) is 0 Å². The fourth-order valence-corrected chi connectivity index (χ4v) is 4.13. The minimum atomic E-state index is -0.0417. The molecule has 1 aromatic rings. The molecular weight excluding hydrogens is 348 g/mol. The minimum Gasteiger partial charge on any atom is -0.371 e. The summed E-state index contributed by atoms with van der Waals surface area (Å²) in [5.74, 6) is 1.28. The van der Waals surface area contributed by atoms with Crippen molar-refractivity contribution in [3.8, 4) is 0 Å². The highest BCUT2D eigenvalue weighted by atomic mass is 35.5. The molecule has 2 aliphatic heterocycles. The second-order valence-corrected chi connectivity index (χ2v) is 8.20. The lowest BCUT2D eigenvalue weighted by atomic mass is 10.0. The predicted octanol–water partition coefficient (Wildman–Crippen LogP) is 3.20. The third kappa shape index (κ3) is 5.78. The van der Waals surface area contributed by atoms with Gasteiger partial charge < -0.3 is 20.4 Å². The van der Waals surface area contributed by atoms with E-state index in [-0.39, 0.29) is 6.03 Å². The van der Waals surface area contributed by atoms with Crippen LogP contribution in [-0.2, 0) is 0 Å². The maximum atomic E-state index is 12.0. The van der Waals surface area contributed by atoms with Gasteiger partial charge in [-0.25, -0.2) is 4.79 Å². The Morgan fingerprint density at radius 1 is 1.15 bits per heavy atom. The third-order valence-corrected chi connectivity index (χ3v) is 5.74. The van der Waals surface area contributed by atoms with Crippen molar-refractivity contribution in [2.45, 2.75) is 26.2 Å². The van der Waals surface area contributed by atoms with Gasteiger partial charge in [0.15, 0.2) is 0 Å². The van der Waals surface area contributed by atoms with Gasteiger partial charge in [-0.3, -0.25) is 0 Å². The molecule has 0 spiro atoms. The Kier molecular flexibility index (Phi) is 7.03. The number of carbonyl (C=O) groups excluding carboxylic acids is 1. The van der Waals surface area contributed by atoms with Crippen LogP contribution in [0.4, 0.5) is 10.5 Å². The second-order valence-electron chi connectivity index (χ2n) is 7.76. The first kappa shape index (κ1) is 19.3. The van der Waals surface area contributed by atoms with Crippen LogP contribution in [0, 0.1) is 11.8 Å². The van der Waals surface area contributed by atoms with E-state index in [4.69, 9.17) is 11.6 Å². The Morgan fingerprint density at radius 3 is 2.73 bits per heavy atom. The van der Waals surface area contributed by atoms with Crippen molar-refractivity contribution in [1.82, 2.24) is 15.5 Å². The average Bonchev–Trinajstić information content (AvgIpc) is 3.10. The Balaban J connectivity index is 1.30. The first-order valence-corrected chi connectivity index (χ1v) is 10.2. The number of benzene rings is 1. The van der Waals surface area contributed by atoms with Crippen LogP contribution in [0.3, 0.4) is 0 Å². The molecule has 0 saturated carbocycles. The van der Waals surface area contributed by atoms with Crippen molar-refractivity contribution >= 4 is 23.3 Å². The van der Waals surface area contributed by atoms with Gasteiger partial charge in [-0.1, -0.05) is 18.5 Å². The number of likely N-dealkylation sites (tertiary alicyclic amines) is 1. The molecule has 2 saturated heterocycles. The molecule has 0 aromatic heterocycles. The molecule has 2 N–H and O–H groups in total. The summed E-state index contributed by atoms with van der Waals surface area (Å²) in [5, 5.41) is 6.80. The zero-order valence-corrected chi connectivity index (χ0v) is 16.5. The summed E-state index contributed by atoms with van der Waals surface area (Å²) in [6.07, 6.45) is 3.71. The van der Waals surface area contributed by atoms with Crippen LogP contribution in [0.1, 0.15) is 26.2 Å². The lowest BCUT2D eigenvalue weighted by Crippen LogP contribution is -2.44. The van der Waals surface area contributed by atoms with Crippen LogP contribution in [-0.4, -0.2) is 56.7 Å². The molecule has 0 aliphatic carbocycles. The normalized spacial score (nSPS) is 23.8. The summed E-state index contributed by atoms with van der Waals surface area (Å²) in [7, 11) is 0. The summed E-state index contributed by atoms with van der Waals surface area (Å²) in [6, 6.07) is 7.94. The van der Waals surface area contributed by atoms with Crippen molar-refractivity contribution in [3.63, 3.8) is 0 Å². The largest absolute Gasteiger partial charge is 0.371 e. The lowest BCUT2D eigenvalue weighted by molar-refractivity contribution is 0.183. The highest BCUT2D eigenvalue weighted by molar-refractivity contribution is 6.30. The van der Waals surface area contributed by atoms with E-state index in [9.17, 15) is 4.79 Å². The van der Waals surface area contributed by atoms with Crippen LogP contribution in [0.25, 0.3) is 0 Å². The molecule has 2 amide bonds. The molecule has 3 rings (SSSR count). The van der Waals surface area contributed by atoms with Crippen LogP contribution >= 0.6 is 11.6 Å². The molecule has 144 valence electrons. The van der Waals surface area contributed by atoms with E-state index in [1.807, 2.05) is 12.1 Å². The second kappa shape index (κ2) is 9.47. The molecule has 1 aromatic carbocycles. The van der Waals surface area contributed by atoms with Crippen molar-refractivity contribution in [1.29, 1.82) is 0 Å². The van der Waals surface area contributed by atoms with Gasteiger partial charge in [0.2, 0.25) is 0 Å². The zero-order chi connectivity index (χ0) is 18.4. The summed E-state index contributed by atoms with van der Waals surface area (Å²) in [4.78, 5) is 16.8. The summed E-state index contributed by atoms with van der Waals surface area (Å²) < 4.78 is 0. The van der Waals surface area contributed by atoms with E-state index in [1.54, 1.807) is 0 Å². The minimum absolute atomic E-state index is 0.0417. The number of hydrogen-bond donors (Lipinski definition) is 2. The predicted molar refractivity (Wildman–Crippen MR) is 108 cm³/mol. The fraction of sp³-hybridized carbons (Fsp3) is 0.650. The number of carbonyl (C=O) groups is 1. The number of amides is 2. The standard InChI is InChI=1S/C20H31ClN4O/c1-16-3-2-10-24(14-16)12-9-22-20(26)23-13-17-8-11-25(15-17)19-6-4-18(21)5-7-19/h4-7,16-17H,2-3,8-15H2,1H3,(H2,22,23,26). The molecule has 2 unspecified atom stereocenters. The molecule has 2 heterocycles. The first-order chi connectivity index (χ1) is 12.6. The number of urea groups is 1. The number of hydrogen-bond acceptors (Lipinski definition) is 3. The van der Waals surface area contributed by atoms with Gasteiger partial charge >= 0.3 is 6.03 Å². The smallest absolute Gasteiger partial charge is 0.314 e. The van der Waals surface area contributed by atoms with Crippen molar-refractivity contribution < 1.29 is 4.79 Å². The Hall–Kier alpha value is -1.46.